The summed E-state index contributed by atoms with van der Waals surface area (Å²) in [4.78, 5) is 4.36. The van der Waals surface area contributed by atoms with Crippen LogP contribution in [0.1, 0.15) is 0 Å². The molecular weight excluding hydrogens is 254 g/mol. The van der Waals surface area contributed by atoms with Crippen molar-refractivity contribution in [3.63, 3.8) is 0 Å². The van der Waals surface area contributed by atoms with Crippen LogP contribution in [0.25, 0.3) is 16.6 Å². The molecule has 0 saturated carbocycles. The Bertz CT molecular complexity index is 804. The molecule has 18 heavy (non-hydrogen) atoms. The lowest BCUT2D eigenvalue weighted by molar-refractivity contribution is 0.598. The summed E-state index contributed by atoms with van der Waals surface area (Å²) in [5.41, 5.74) is 1.28. The molecule has 0 saturated heterocycles. The second-order valence-electron chi connectivity index (χ2n) is 3.72. The lowest BCUT2D eigenvalue weighted by Crippen LogP contribution is -2.11. The topological polar surface area (TPSA) is 107 Å². The number of rotatable bonds is 2. The summed E-state index contributed by atoms with van der Waals surface area (Å²) in [7, 11) is -3.75. The number of primary sulfonamides is 1. The molecule has 7 nitrogen and oxygen atoms in total. The molecule has 0 radical (unpaired) electrons. The number of nitrogens with zero attached hydrogens (tertiary/aromatic N) is 3. The molecule has 0 atom stereocenters. The summed E-state index contributed by atoms with van der Waals surface area (Å²) in [6.07, 6.45) is 4.46. The van der Waals surface area contributed by atoms with Crippen molar-refractivity contribution in [3.05, 3.63) is 36.8 Å². The second kappa shape index (κ2) is 3.65. The zero-order chi connectivity index (χ0) is 12.8. The standard InChI is InChI=1S/C10H9N5O2S/c11-18(16,17)9-6-12-10-7(9)2-1-3-8(10)15-13-4-5-14-15/h1-6,12H,(H2,11,16,17). The molecule has 92 valence electrons. The molecule has 3 N–H and O–H groups in total. The van der Waals surface area contributed by atoms with Crippen molar-refractivity contribution in [1.29, 1.82) is 0 Å². The number of fused-ring (bicyclic) bond motifs is 1. The number of aromatic nitrogens is 4. The number of aromatic amines is 1. The summed E-state index contributed by atoms with van der Waals surface area (Å²) in [5.74, 6) is 0. The van der Waals surface area contributed by atoms with E-state index in [-0.39, 0.29) is 4.90 Å². The maximum absolute atomic E-state index is 11.4. The van der Waals surface area contributed by atoms with Crippen molar-refractivity contribution in [2.75, 3.05) is 0 Å². The van der Waals surface area contributed by atoms with Gasteiger partial charge >= 0.3 is 0 Å². The first-order chi connectivity index (χ1) is 8.57. The SMILES string of the molecule is NS(=O)(=O)c1c[nH]c2c(-n3nccn3)cccc12. The van der Waals surface area contributed by atoms with E-state index in [1.807, 2.05) is 0 Å². The van der Waals surface area contributed by atoms with Gasteiger partial charge in [-0.3, -0.25) is 0 Å². The van der Waals surface area contributed by atoms with Gasteiger partial charge in [-0.15, -0.1) is 4.80 Å². The molecule has 2 aromatic heterocycles. The van der Waals surface area contributed by atoms with Crippen LogP contribution in [0.5, 0.6) is 0 Å². The molecule has 0 amide bonds. The molecule has 8 heteroatoms. The maximum atomic E-state index is 11.4. The van der Waals surface area contributed by atoms with E-state index >= 15 is 0 Å². The highest BCUT2D eigenvalue weighted by atomic mass is 32.2. The van der Waals surface area contributed by atoms with Crippen molar-refractivity contribution in [2.24, 2.45) is 5.14 Å². The van der Waals surface area contributed by atoms with E-state index in [4.69, 9.17) is 5.14 Å². The number of nitrogens with two attached hydrogens (primary N) is 1. The largest absolute Gasteiger partial charge is 0.358 e. The number of para-hydroxylation sites is 1. The van der Waals surface area contributed by atoms with E-state index in [1.165, 1.54) is 11.0 Å². The molecule has 0 aliphatic carbocycles. The number of H-pyrrole nitrogens is 1. The van der Waals surface area contributed by atoms with Gasteiger partial charge in [0.25, 0.3) is 0 Å². The first kappa shape index (κ1) is 10.9. The summed E-state index contributed by atoms with van der Waals surface area (Å²) >= 11 is 0. The fourth-order valence-electron chi connectivity index (χ4n) is 1.85. The highest BCUT2D eigenvalue weighted by Gasteiger charge is 2.16. The number of hydrogen-bond donors (Lipinski definition) is 2. The van der Waals surface area contributed by atoms with Gasteiger partial charge in [0.1, 0.15) is 10.6 Å². The summed E-state index contributed by atoms with van der Waals surface area (Å²) in [6, 6.07) is 5.19. The van der Waals surface area contributed by atoms with E-state index < -0.39 is 10.0 Å². The lowest BCUT2D eigenvalue weighted by Gasteiger charge is -2.01. The third-order valence-corrected chi connectivity index (χ3v) is 3.55. The van der Waals surface area contributed by atoms with Crippen LogP contribution in [0.2, 0.25) is 0 Å². The zero-order valence-electron chi connectivity index (χ0n) is 9.11. The normalized spacial score (nSPS) is 12.1. The Morgan fingerprint density at radius 1 is 1.22 bits per heavy atom. The minimum Gasteiger partial charge on any atom is -0.358 e. The molecule has 0 bridgehead atoms. The monoisotopic (exact) mass is 263 g/mol. The Labute approximate surface area is 102 Å². The molecule has 0 aliphatic heterocycles. The summed E-state index contributed by atoms with van der Waals surface area (Å²) < 4.78 is 22.9. The van der Waals surface area contributed by atoms with Crippen molar-refractivity contribution in [2.45, 2.75) is 4.90 Å². The Hall–Kier alpha value is -2.19. The van der Waals surface area contributed by atoms with E-state index in [2.05, 4.69) is 15.2 Å². The lowest BCUT2D eigenvalue weighted by atomic mass is 10.2. The number of benzene rings is 1. The molecule has 0 fully saturated rings. The number of sulfonamides is 1. The van der Waals surface area contributed by atoms with Gasteiger partial charge in [0.15, 0.2) is 0 Å². The molecule has 3 rings (SSSR count). The molecule has 2 heterocycles. The van der Waals surface area contributed by atoms with E-state index in [0.717, 1.165) is 0 Å². The van der Waals surface area contributed by atoms with Crippen molar-refractivity contribution < 1.29 is 8.42 Å². The van der Waals surface area contributed by atoms with Crippen molar-refractivity contribution in [1.82, 2.24) is 20.0 Å². The van der Waals surface area contributed by atoms with Crippen LogP contribution in [-0.4, -0.2) is 28.4 Å². The fraction of sp³-hybridized carbons (Fsp3) is 0. The number of hydrogen-bond acceptors (Lipinski definition) is 4. The van der Waals surface area contributed by atoms with Crippen molar-refractivity contribution in [3.8, 4) is 5.69 Å². The van der Waals surface area contributed by atoms with E-state index in [1.54, 1.807) is 30.6 Å². The van der Waals surface area contributed by atoms with Gasteiger partial charge in [-0.1, -0.05) is 12.1 Å². The van der Waals surface area contributed by atoms with Crippen LogP contribution in [-0.2, 0) is 10.0 Å². The van der Waals surface area contributed by atoms with Crippen molar-refractivity contribution >= 4 is 20.9 Å². The molecule has 0 aliphatic rings. The van der Waals surface area contributed by atoms with E-state index in [9.17, 15) is 8.42 Å². The third kappa shape index (κ3) is 1.59. The van der Waals surface area contributed by atoms with Crippen LogP contribution in [0, 0.1) is 0 Å². The first-order valence-corrected chi connectivity index (χ1v) is 6.61. The fourth-order valence-corrected chi connectivity index (χ4v) is 2.55. The molecular formula is C10H9N5O2S. The van der Waals surface area contributed by atoms with E-state index in [0.29, 0.717) is 16.6 Å². The van der Waals surface area contributed by atoms with Crippen LogP contribution in [0.3, 0.4) is 0 Å². The molecule has 3 aromatic rings. The smallest absolute Gasteiger partial charge is 0.240 e. The predicted molar refractivity (Wildman–Crippen MR) is 64.6 cm³/mol. The van der Waals surface area contributed by atoms with Gasteiger partial charge in [-0.2, -0.15) is 10.2 Å². The number of nitrogens with one attached hydrogen (secondary N) is 1. The zero-order valence-corrected chi connectivity index (χ0v) is 9.92. The Morgan fingerprint density at radius 3 is 2.61 bits per heavy atom. The Kier molecular flexibility index (Phi) is 2.22. The van der Waals surface area contributed by atoms with Gasteiger partial charge in [0.05, 0.1) is 17.9 Å². The van der Waals surface area contributed by atoms with Crippen LogP contribution >= 0.6 is 0 Å². The second-order valence-corrected chi connectivity index (χ2v) is 5.25. The molecule has 0 unspecified atom stereocenters. The van der Waals surface area contributed by atoms with Gasteiger partial charge in [0.2, 0.25) is 10.0 Å². The van der Waals surface area contributed by atoms with Gasteiger partial charge in [-0.25, -0.2) is 13.6 Å². The highest BCUT2D eigenvalue weighted by molar-refractivity contribution is 7.89. The minimum atomic E-state index is -3.75. The third-order valence-electron chi connectivity index (χ3n) is 2.60. The minimum absolute atomic E-state index is 0.0616. The predicted octanol–water partition coefficient (Wildman–Crippen LogP) is 0.396. The van der Waals surface area contributed by atoms with Crippen LogP contribution in [0.15, 0.2) is 41.7 Å². The first-order valence-electron chi connectivity index (χ1n) is 5.07. The molecule has 0 spiro atoms. The Morgan fingerprint density at radius 2 is 1.94 bits per heavy atom. The van der Waals surface area contributed by atoms with Crippen LogP contribution < -0.4 is 5.14 Å². The van der Waals surface area contributed by atoms with Gasteiger partial charge < -0.3 is 4.98 Å². The average Bonchev–Trinajstić information content (AvgIpc) is 2.96. The van der Waals surface area contributed by atoms with Gasteiger partial charge in [-0.05, 0) is 6.07 Å². The van der Waals surface area contributed by atoms with Crippen LogP contribution in [0.4, 0.5) is 0 Å². The average molecular weight is 263 g/mol. The summed E-state index contributed by atoms with van der Waals surface area (Å²) in [6.45, 7) is 0. The summed E-state index contributed by atoms with van der Waals surface area (Å²) in [5, 5.41) is 13.7. The highest BCUT2D eigenvalue weighted by Crippen LogP contribution is 2.25. The maximum Gasteiger partial charge on any atom is 0.240 e. The van der Waals surface area contributed by atoms with Gasteiger partial charge in [0, 0.05) is 11.6 Å². The quantitative estimate of drug-likeness (QED) is 0.697. The Balaban J connectivity index is 2.35. The molecule has 1 aromatic carbocycles.